The third-order valence-electron chi connectivity index (χ3n) is 3.15. The summed E-state index contributed by atoms with van der Waals surface area (Å²) in [5.74, 6) is 0. The molecule has 5 heteroatoms. The van der Waals surface area contributed by atoms with E-state index in [0.717, 1.165) is 10.8 Å². The standard InChI is InChI=1S/C14H18ClNOS2/c1-3-14(2,17)9-16-13(10-5-4-8-18-10)11-6-7-12(15)19-11/h4-8,13,16-17H,3,9H2,1-2H3. The van der Waals surface area contributed by atoms with Crippen molar-refractivity contribution >= 4 is 34.3 Å². The Morgan fingerprint density at radius 1 is 1.37 bits per heavy atom. The molecule has 19 heavy (non-hydrogen) atoms. The van der Waals surface area contributed by atoms with E-state index in [1.807, 2.05) is 32.0 Å². The quantitative estimate of drug-likeness (QED) is 0.833. The lowest BCUT2D eigenvalue weighted by Gasteiger charge is -2.25. The highest BCUT2D eigenvalue weighted by Gasteiger charge is 2.22. The van der Waals surface area contributed by atoms with Crippen LogP contribution in [0.3, 0.4) is 0 Å². The largest absolute Gasteiger partial charge is 0.389 e. The molecule has 0 aliphatic carbocycles. The van der Waals surface area contributed by atoms with Crippen LogP contribution < -0.4 is 5.32 Å². The first-order chi connectivity index (χ1) is 9.02. The van der Waals surface area contributed by atoms with Crippen molar-refractivity contribution < 1.29 is 5.11 Å². The van der Waals surface area contributed by atoms with Gasteiger partial charge in [0.1, 0.15) is 0 Å². The van der Waals surface area contributed by atoms with Crippen LogP contribution in [0.25, 0.3) is 0 Å². The van der Waals surface area contributed by atoms with E-state index < -0.39 is 5.60 Å². The summed E-state index contributed by atoms with van der Waals surface area (Å²) in [5.41, 5.74) is -0.684. The average molecular weight is 316 g/mol. The summed E-state index contributed by atoms with van der Waals surface area (Å²) in [4.78, 5) is 2.42. The second-order valence-electron chi connectivity index (χ2n) is 4.82. The minimum Gasteiger partial charge on any atom is -0.389 e. The van der Waals surface area contributed by atoms with Gasteiger partial charge in [-0.1, -0.05) is 24.6 Å². The van der Waals surface area contributed by atoms with Gasteiger partial charge in [0.15, 0.2) is 0 Å². The fraction of sp³-hybridized carbons (Fsp3) is 0.429. The van der Waals surface area contributed by atoms with Crippen LogP contribution in [0.15, 0.2) is 29.6 Å². The van der Waals surface area contributed by atoms with Gasteiger partial charge in [-0.15, -0.1) is 22.7 Å². The first-order valence-electron chi connectivity index (χ1n) is 6.26. The van der Waals surface area contributed by atoms with E-state index in [1.165, 1.54) is 9.75 Å². The maximum atomic E-state index is 10.1. The molecule has 0 radical (unpaired) electrons. The zero-order valence-electron chi connectivity index (χ0n) is 11.0. The SMILES string of the molecule is CCC(C)(O)CNC(c1cccs1)c1ccc(Cl)s1. The molecule has 2 N–H and O–H groups in total. The van der Waals surface area contributed by atoms with Gasteiger partial charge < -0.3 is 10.4 Å². The third-order valence-corrected chi connectivity index (χ3v) is 5.39. The molecule has 0 spiro atoms. The Hall–Kier alpha value is -0.390. The van der Waals surface area contributed by atoms with E-state index in [0.29, 0.717) is 6.54 Å². The van der Waals surface area contributed by atoms with Crippen LogP contribution in [0, 0.1) is 0 Å². The summed E-state index contributed by atoms with van der Waals surface area (Å²) in [7, 11) is 0. The van der Waals surface area contributed by atoms with E-state index in [9.17, 15) is 5.11 Å². The van der Waals surface area contributed by atoms with Gasteiger partial charge in [-0.05, 0) is 36.9 Å². The minimum absolute atomic E-state index is 0.107. The Morgan fingerprint density at radius 3 is 2.68 bits per heavy atom. The second kappa shape index (κ2) is 6.37. The Labute approximate surface area is 127 Å². The molecule has 0 aliphatic rings. The normalized spacial score (nSPS) is 16.2. The summed E-state index contributed by atoms with van der Waals surface area (Å²) < 4.78 is 0.792. The molecule has 0 aromatic carbocycles. The van der Waals surface area contributed by atoms with Gasteiger partial charge in [-0.2, -0.15) is 0 Å². The Bertz CT molecular complexity index is 507. The summed E-state index contributed by atoms with van der Waals surface area (Å²) in [6.07, 6.45) is 0.725. The molecule has 2 unspecified atom stereocenters. The molecule has 0 fully saturated rings. The van der Waals surface area contributed by atoms with E-state index >= 15 is 0 Å². The average Bonchev–Trinajstić information content (AvgIpc) is 3.02. The first-order valence-corrected chi connectivity index (χ1v) is 8.33. The predicted octanol–water partition coefficient (Wildman–Crippen LogP) is 4.30. The molecule has 0 aliphatic heterocycles. The number of thiophene rings is 2. The van der Waals surface area contributed by atoms with Crippen molar-refractivity contribution in [2.24, 2.45) is 0 Å². The van der Waals surface area contributed by atoms with E-state index in [-0.39, 0.29) is 6.04 Å². The van der Waals surface area contributed by atoms with Crippen molar-refractivity contribution in [3.8, 4) is 0 Å². The fourth-order valence-electron chi connectivity index (χ4n) is 1.73. The fourth-order valence-corrected chi connectivity index (χ4v) is 3.78. The highest BCUT2D eigenvalue weighted by Crippen LogP contribution is 2.33. The lowest BCUT2D eigenvalue weighted by atomic mass is 10.0. The Balaban J connectivity index is 2.16. The maximum absolute atomic E-state index is 10.1. The zero-order valence-corrected chi connectivity index (χ0v) is 13.4. The smallest absolute Gasteiger partial charge is 0.0931 e. The molecule has 0 saturated heterocycles. The van der Waals surface area contributed by atoms with Crippen molar-refractivity contribution in [1.82, 2.24) is 5.32 Å². The molecular weight excluding hydrogens is 298 g/mol. The zero-order chi connectivity index (χ0) is 13.9. The third kappa shape index (κ3) is 4.04. The number of rotatable bonds is 6. The van der Waals surface area contributed by atoms with Gasteiger partial charge in [0.25, 0.3) is 0 Å². The van der Waals surface area contributed by atoms with Gasteiger partial charge in [0.05, 0.1) is 16.0 Å². The molecule has 2 aromatic rings. The minimum atomic E-state index is -0.684. The van der Waals surface area contributed by atoms with Crippen LogP contribution in [0.5, 0.6) is 0 Å². The molecule has 2 atom stereocenters. The van der Waals surface area contributed by atoms with E-state index in [1.54, 1.807) is 22.7 Å². The van der Waals surface area contributed by atoms with Crippen LogP contribution >= 0.6 is 34.3 Å². The van der Waals surface area contributed by atoms with Crippen LogP contribution in [0.2, 0.25) is 4.34 Å². The first kappa shape index (κ1) is 15.0. The van der Waals surface area contributed by atoms with Gasteiger partial charge in [0.2, 0.25) is 0 Å². The molecule has 0 saturated carbocycles. The van der Waals surface area contributed by atoms with Gasteiger partial charge >= 0.3 is 0 Å². The van der Waals surface area contributed by atoms with Crippen molar-refractivity contribution in [3.63, 3.8) is 0 Å². The number of nitrogens with one attached hydrogen (secondary N) is 1. The van der Waals surface area contributed by atoms with Crippen molar-refractivity contribution in [1.29, 1.82) is 0 Å². The van der Waals surface area contributed by atoms with E-state index in [2.05, 4.69) is 16.8 Å². The Morgan fingerprint density at radius 2 is 2.16 bits per heavy atom. The molecule has 104 valence electrons. The maximum Gasteiger partial charge on any atom is 0.0931 e. The van der Waals surface area contributed by atoms with E-state index in [4.69, 9.17) is 11.6 Å². The van der Waals surface area contributed by atoms with Crippen LogP contribution in [0.1, 0.15) is 36.1 Å². The summed E-state index contributed by atoms with van der Waals surface area (Å²) in [6, 6.07) is 8.22. The monoisotopic (exact) mass is 315 g/mol. The summed E-state index contributed by atoms with van der Waals surface area (Å²) in [5, 5.41) is 15.7. The highest BCUT2D eigenvalue weighted by molar-refractivity contribution is 7.16. The van der Waals surface area contributed by atoms with Gasteiger partial charge in [-0.25, -0.2) is 0 Å². The van der Waals surface area contributed by atoms with Crippen LogP contribution in [-0.4, -0.2) is 17.3 Å². The summed E-state index contributed by atoms with van der Waals surface area (Å²) >= 11 is 9.32. The van der Waals surface area contributed by atoms with Gasteiger partial charge in [-0.3, -0.25) is 0 Å². The van der Waals surface area contributed by atoms with Crippen molar-refractivity contribution in [2.75, 3.05) is 6.54 Å². The van der Waals surface area contributed by atoms with Crippen LogP contribution in [0.4, 0.5) is 0 Å². The molecular formula is C14H18ClNOS2. The molecule has 0 bridgehead atoms. The number of aliphatic hydroxyl groups is 1. The van der Waals surface area contributed by atoms with Crippen molar-refractivity contribution in [3.05, 3.63) is 43.7 Å². The van der Waals surface area contributed by atoms with Crippen LogP contribution in [-0.2, 0) is 0 Å². The Kier molecular flexibility index (Phi) is 5.03. The number of hydrogen-bond acceptors (Lipinski definition) is 4. The lowest BCUT2D eigenvalue weighted by Crippen LogP contribution is -2.38. The molecule has 0 amide bonds. The summed E-state index contributed by atoms with van der Waals surface area (Å²) in [6.45, 7) is 4.40. The highest BCUT2D eigenvalue weighted by atomic mass is 35.5. The predicted molar refractivity (Wildman–Crippen MR) is 84.4 cm³/mol. The number of halogens is 1. The molecule has 2 rings (SSSR count). The molecule has 2 heterocycles. The van der Waals surface area contributed by atoms with Gasteiger partial charge in [0, 0.05) is 16.3 Å². The lowest BCUT2D eigenvalue weighted by molar-refractivity contribution is 0.0542. The number of hydrogen-bond donors (Lipinski definition) is 2. The molecule has 2 nitrogen and oxygen atoms in total. The van der Waals surface area contributed by atoms with Crippen molar-refractivity contribution in [2.45, 2.75) is 31.9 Å². The topological polar surface area (TPSA) is 32.3 Å². The second-order valence-corrected chi connectivity index (χ2v) is 7.55. The molecule has 2 aromatic heterocycles.